The highest BCUT2D eigenvalue weighted by atomic mass is 15.3. The van der Waals surface area contributed by atoms with E-state index in [0.29, 0.717) is 12.1 Å². The lowest BCUT2D eigenvalue weighted by Crippen LogP contribution is -2.43. The van der Waals surface area contributed by atoms with E-state index in [9.17, 15) is 0 Å². The van der Waals surface area contributed by atoms with Crippen LogP contribution in [0.1, 0.15) is 33.1 Å². The van der Waals surface area contributed by atoms with Crippen LogP contribution in [0.15, 0.2) is 4.99 Å². The summed E-state index contributed by atoms with van der Waals surface area (Å²) in [6, 6.07) is 1.02. The van der Waals surface area contributed by atoms with Gasteiger partial charge in [-0.1, -0.05) is 0 Å². The Kier molecular flexibility index (Phi) is 2.18. The highest BCUT2D eigenvalue weighted by molar-refractivity contribution is 5.79. The van der Waals surface area contributed by atoms with Crippen molar-refractivity contribution in [3.63, 3.8) is 0 Å². The van der Waals surface area contributed by atoms with Crippen molar-refractivity contribution < 1.29 is 0 Å². The standard InChI is InChI=1S/C10H19N3/c1-7(2)12-10(11)13-6-8-3-4-9(13)5-8/h7-9H,3-6H2,1-2H3,(H2,11,12). The molecular weight excluding hydrogens is 162 g/mol. The Morgan fingerprint density at radius 1 is 1.46 bits per heavy atom. The molecule has 1 aliphatic carbocycles. The molecule has 2 fully saturated rings. The minimum absolute atomic E-state index is 0.319. The summed E-state index contributed by atoms with van der Waals surface area (Å²) in [5.74, 6) is 1.66. The second kappa shape index (κ2) is 3.20. The van der Waals surface area contributed by atoms with Gasteiger partial charge in [-0.2, -0.15) is 0 Å². The van der Waals surface area contributed by atoms with Crippen LogP contribution in [0.4, 0.5) is 0 Å². The molecule has 0 radical (unpaired) electrons. The molecule has 2 unspecified atom stereocenters. The van der Waals surface area contributed by atoms with Gasteiger partial charge in [0.1, 0.15) is 0 Å². The van der Waals surface area contributed by atoms with Crippen LogP contribution in [0.25, 0.3) is 0 Å². The molecule has 2 atom stereocenters. The molecule has 1 saturated heterocycles. The summed E-state index contributed by atoms with van der Waals surface area (Å²) in [5, 5.41) is 0. The van der Waals surface area contributed by atoms with Gasteiger partial charge in [0.15, 0.2) is 5.96 Å². The smallest absolute Gasteiger partial charge is 0.191 e. The summed E-state index contributed by atoms with van der Waals surface area (Å²) in [4.78, 5) is 6.70. The third kappa shape index (κ3) is 1.64. The zero-order valence-electron chi connectivity index (χ0n) is 8.53. The van der Waals surface area contributed by atoms with E-state index in [1.807, 2.05) is 0 Å². The van der Waals surface area contributed by atoms with Crippen molar-refractivity contribution in [1.29, 1.82) is 0 Å². The van der Waals surface area contributed by atoms with Crippen molar-refractivity contribution in [2.24, 2.45) is 16.6 Å². The molecule has 2 aliphatic rings. The van der Waals surface area contributed by atoms with Crippen LogP contribution in [0.3, 0.4) is 0 Å². The number of nitrogens with zero attached hydrogens (tertiary/aromatic N) is 2. The van der Waals surface area contributed by atoms with Gasteiger partial charge in [0, 0.05) is 18.6 Å². The summed E-state index contributed by atoms with van der Waals surface area (Å²) in [5.41, 5.74) is 5.94. The fourth-order valence-electron chi connectivity index (χ4n) is 2.54. The van der Waals surface area contributed by atoms with Crippen molar-refractivity contribution in [2.45, 2.75) is 45.2 Å². The van der Waals surface area contributed by atoms with Gasteiger partial charge in [-0.3, -0.25) is 4.99 Å². The molecule has 1 saturated carbocycles. The van der Waals surface area contributed by atoms with Gasteiger partial charge in [-0.05, 0) is 39.0 Å². The monoisotopic (exact) mass is 181 g/mol. The SMILES string of the molecule is CC(C)N=C(N)N1CC2CCC1C2. The van der Waals surface area contributed by atoms with Gasteiger partial charge in [0.05, 0.1) is 0 Å². The predicted molar refractivity (Wildman–Crippen MR) is 54.6 cm³/mol. The molecule has 2 bridgehead atoms. The number of fused-ring (bicyclic) bond motifs is 2. The van der Waals surface area contributed by atoms with E-state index < -0.39 is 0 Å². The molecule has 74 valence electrons. The topological polar surface area (TPSA) is 41.6 Å². The Morgan fingerprint density at radius 3 is 2.69 bits per heavy atom. The van der Waals surface area contributed by atoms with E-state index in [1.54, 1.807) is 0 Å². The van der Waals surface area contributed by atoms with Gasteiger partial charge in [0.25, 0.3) is 0 Å². The van der Waals surface area contributed by atoms with E-state index in [0.717, 1.165) is 18.4 Å². The van der Waals surface area contributed by atoms with E-state index in [-0.39, 0.29) is 0 Å². The molecule has 0 aromatic heterocycles. The zero-order chi connectivity index (χ0) is 9.42. The number of hydrogen-bond donors (Lipinski definition) is 1. The summed E-state index contributed by atoms with van der Waals surface area (Å²) in [7, 11) is 0. The first-order valence-electron chi connectivity index (χ1n) is 5.26. The number of piperidine rings is 1. The fourth-order valence-corrected chi connectivity index (χ4v) is 2.54. The van der Waals surface area contributed by atoms with Crippen LogP contribution < -0.4 is 5.73 Å². The minimum atomic E-state index is 0.319. The summed E-state index contributed by atoms with van der Waals surface area (Å²) < 4.78 is 0. The van der Waals surface area contributed by atoms with Crippen LogP contribution in [-0.4, -0.2) is 29.5 Å². The maximum absolute atomic E-state index is 5.94. The highest BCUT2D eigenvalue weighted by Gasteiger charge is 2.38. The number of aliphatic imine (C=N–C) groups is 1. The summed E-state index contributed by atoms with van der Waals surface area (Å²) in [6.07, 6.45) is 4.06. The number of hydrogen-bond acceptors (Lipinski definition) is 1. The van der Waals surface area contributed by atoms with Crippen molar-refractivity contribution >= 4 is 5.96 Å². The van der Waals surface area contributed by atoms with Gasteiger partial charge in [0.2, 0.25) is 0 Å². The van der Waals surface area contributed by atoms with Crippen LogP contribution in [0.2, 0.25) is 0 Å². The average molecular weight is 181 g/mol. The van der Waals surface area contributed by atoms with Crippen LogP contribution in [0.5, 0.6) is 0 Å². The van der Waals surface area contributed by atoms with Crippen molar-refractivity contribution in [1.82, 2.24) is 4.90 Å². The summed E-state index contributed by atoms with van der Waals surface area (Å²) >= 11 is 0. The van der Waals surface area contributed by atoms with Crippen LogP contribution >= 0.6 is 0 Å². The molecule has 3 heteroatoms. The first-order chi connectivity index (χ1) is 6.16. The second-order valence-corrected chi connectivity index (χ2v) is 4.57. The molecule has 0 aromatic rings. The van der Waals surface area contributed by atoms with E-state index in [2.05, 4.69) is 23.7 Å². The largest absolute Gasteiger partial charge is 0.370 e. The molecule has 2 N–H and O–H groups in total. The number of guanidine groups is 1. The Morgan fingerprint density at radius 2 is 2.23 bits per heavy atom. The van der Waals surface area contributed by atoms with Gasteiger partial charge in [-0.25, -0.2) is 0 Å². The first-order valence-corrected chi connectivity index (χ1v) is 5.26. The number of nitrogens with two attached hydrogens (primary N) is 1. The number of likely N-dealkylation sites (tertiary alicyclic amines) is 1. The molecule has 13 heavy (non-hydrogen) atoms. The lowest BCUT2D eigenvalue weighted by atomic mass is 10.1. The lowest BCUT2D eigenvalue weighted by Gasteiger charge is -2.28. The molecule has 0 aromatic carbocycles. The Balaban J connectivity index is 2.02. The molecule has 3 nitrogen and oxygen atoms in total. The Bertz CT molecular complexity index is 222. The molecular formula is C10H19N3. The van der Waals surface area contributed by atoms with E-state index >= 15 is 0 Å². The molecule has 1 aliphatic heterocycles. The normalized spacial score (nSPS) is 33.5. The Hall–Kier alpha value is -0.730. The number of rotatable bonds is 1. The first kappa shape index (κ1) is 8.85. The maximum Gasteiger partial charge on any atom is 0.191 e. The van der Waals surface area contributed by atoms with Gasteiger partial charge in [-0.15, -0.1) is 0 Å². The van der Waals surface area contributed by atoms with Crippen molar-refractivity contribution in [2.75, 3.05) is 6.54 Å². The maximum atomic E-state index is 5.94. The van der Waals surface area contributed by atoms with E-state index in [4.69, 9.17) is 5.73 Å². The fraction of sp³-hybridized carbons (Fsp3) is 0.900. The van der Waals surface area contributed by atoms with Crippen molar-refractivity contribution in [3.05, 3.63) is 0 Å². The zero-order valence-corrected chi connectivity index (χ0v) is 8.53. The third-order valence-corrected chi connectivity index (χ3v) is 3.09. The second-order valence-electron chi connectivity index (χ2n) is 4.57. The molecule has 0 amide bonds. The van der Waals surface area contributed by atoms with Crippen molar-refractivity contribution in [3.8, 4) is 0 Å². The van der Waals surface area contributed by atoms with Gasteiger partial charge < -0.3 is 10.6 Å². The van der Waals surface area contributed by atoms with E-state index in [1.165, 1.54) is 19.3 Å². The quantitative estimate of drug-likeness (QED) is 0.488. The molecule has 1 heterocycles. The highest BCUT2D eigenvalue weighted by Crippen LogP contribution is 2.36. The summed E-state index contributed by atoms with van der Waals surface area (Å²) in [6.45, 7) is 5.29. The Labute approximate surface area is 80.0 Å². The molecule has 0 spiro atoms. The average Bonchev–Trinajstić information content (AvgIpc) is 2.62. The minimum Gasteiger partial charge on any atom is -0.370 e. The lowest BCUT2D eigenvalue weighted by molar-refractivity contribution is 0.322. The third-order valence-electron chi connectivity index (χ3n) is 3.09. The predicted octanol–water partition coefficient (Wildman–Crippen LogP) is 1.19. The van der Waals surface area contributed by atoms with Crippen LogP contribution in [0, 0.1) is 5.92 Å². The van der Waals surface area contributed by atoms with Gasteiger partial charge >= 0.3 is 0 Å². The van der Waals surface area contributed by atoms with Crippen LogP contribution in [-0.2, 0) is 0 Å². The molecule has 2 rings (SSSR count).